The van der Waals surface area contributed by atoms with Gasteiger partial charge in [-0.15, -0.1) is 0 Å². The molecule has 1 saturated carbocycles. The second-order valence-electron chi connectivity index (χ2n) is 7.93. The lowest BCUT2D eigenvalue weighted by Gasteiger charge is -2.42. The summed E-state index contributed by atoms with van der Waals surface area (Å²) < 4.78 is 0. The Morgan fingerprint density at radius 1 is 1.20 bits per heavy atom. The van der Waals surface area contributed by atoms with E-state index in [4.69, 9.17) is 0 Å². The monoisotopic (exact) mass is 338 g/mol. The van der Waals surface area contributed by atoms with E-state index in [-0.39, 0.29) is 5.41 Å². The molecule has 3 heterocycles. The molecule has 132 valence electrons. The Kier molecular flexibility index (Phi) is 4.15. The van der Waals surface area contributed by atoms with Gasteiger partial charge in [0.1, 0.15) is 11.9 Å². The van der Waals surface area contributed by atoms with Gasteiger partial charge in [-0.25, -0.2) is 4.98 Å². The van der Waals surface area contributed by atoms with Gasteiger partial charge >= 0.3 is 0 Å². The molecule has 0 N–H and O–H groups in total. The second-order valence-corrected chi connectivity index (χ2v) is 7.93. The summed E-state index contributed by atoms with van der Waals surface area (Å²) in [4.78, 5) is 22.3. The molecule has 0 unspecified atom stereocenters. The van der Waals surface area contributed by atoms with Gasteiger partial charge in [-0.3, -0.25) is 4.79 Å². The van der Waals surface area contributed by atoms with Crippen molar-refractivity contribution in [2.75, 3.05) is 24.5 Å². The van der Waals surface area contributed by atoms with E-state index in [0.717, 1.165) is 43.9 Å². The highest BCUT2D eigenvalue weighted by Gasteiger charge is 2.50. The minimum absolute atomic E-state index is 0.265. The summed E-state index contributed by atoms with van der Waals surface area (Å²) in [5, 5.41) is 9.42. The number of likely N-dealkylation sites (tertiary alicyclic amines) is 1. The maximum Gasteiger partial charge on any atom is 0.230 e. The van der Waals surface area contributed by atoms with Crippen LogP contribution >= 0.6 is 0 Å². The summed E-state index contributed by atoms with van der Waals surface area (Å²) in [5.41, 5.74) is 1.26. The average molecular weight is 338 g/mol. The highest BCUT2D eigenvalue weighted by molar-refractivity contribution is 5.85. The van der Waals surface area contributed by atoms with Gasteiger partial charge in [0, 0.05) is 31.4 Å². The number of hydrogen-bond donors (Lipinski definition) is 0. The smallest absolute Gasteiger partial charge is 0.230 e. The van der Waals surface area contributed by atoms with Crippen molar-refractivity contribution in [1.29, 1.82) is 5.26 Å². The van der Waals surface area contributed by atoms with Crippen molar-refractivity contribution in [3.05, 3.63) is 23.4 Å². The van der Waals surface area contributed by atoms with Crippen molar-refractivity contribution in [2.24, 2.45) is 5.41 Å². The Morgan fingerprint density at radius 2 is 2.00 bits per heavy atom. The van der Waals surface area contributed by atoms with E-state index in [9.17, 15) is 10.1 Å². The van der Waals surface area contributed by atoms with E-state index in [1.54, 1.807) is 0 Å². The minimum atomic E-state index is -0.265. The van der Waals surface area contributed by atoms with Crippen LogP contribution in [-0.2, 0) is 4.79 Å². The molecule has 0 bridgehead atoms. The number of rotatable bonds is 2. The van der Waals surface area contributed by atoms with Gasteiger partial charge < -0.3 is 9.80 Å². The first-order valence-electron chi connectivity index (χ1n) is 9.57. The van der Waals surface area contributed by atoms with Crippen LogP contribution < -0.4 is 4.90 Å². The van der Waals surface area contributed by atoms with Crippen LogP contribution in [0.4, 0.5) is 5.82 Å². The highest BCUT2D eigenvalue weighted by Crippen LogP contribution is 2.43. The third-order valence-electron chi connectivity index (χ3n) is 6.32. The summed E-state index contributed by atoms with van der Waals surface area (Å²) >= 11 is 0. The number of nitrogens with zero attached hydrogens (tertiary/aromatic N) is 4. The SMILES string of the molecule is Cc1ccc(C#N)c(N2CC[C@@]3(CCCN(C4CCCC4)C3=O)C2)n1. The van der Waals surface area contributed by atoms with Gasteiger partial charge in [0.05, 0.1) is 11.0 Å². The molecular formula is C20H26N4O. The van der Waals surface area contributed by atoms with E-state index in [1.807, 2.05) is 19.1 Å². The molecule has 25 heavy (non-hydrogen) atoms. The van der Waals surface area contributed by atoms with Gasteiger partial charge in [-0.05, 0) is 51.2 Å². The van der Waals surface area contributed by atoms with Crippen molar-refractivity contribution < 1.29 is 4.79 Å². The van der Waals surface area contributed by atoms with Gasteiger partial charge in [-0.1, -0.05) is 12.8 Å². The number of piperidine rings is 1. The zero-order valence-corrected chi connectivity index (χ0v) is 15.0. The number of hydrogen-bond acceptors (Lipinski definition) is 4. The van der Waals surface area contributed by atoms with Crippen LogP contribution in [0.25, 0.3) is 0 Å². The first-order valence-corrected chi connectivity index (χ1v) is 9.57. The Hall–Kier alpha value is -2.09. The summed E-state index contributed by atoms with van der Waals surface area (Å²) in [7, 11) is 0. The molecule has 1 spiro atoms. The fourth-order valence-electron chi connectivity index (χ4n) is 4.97. The molecule has 3 fully saturated rings. The number of carbonyl (C=O) groups is 1. The van der Waals surface area contributed by atoms with Gasteiger partial charge in [0.2, 0.25) is 5.91 Å². The van der Waals surface area contributed by atoms with Crippen LogP contribution in [0.2, 0.25) is 0 Å². The van der Waals surface area contributed by atoms with Crippen LogP contribution in [-0.4, -0.2) is 41.5 Å². The standard InChI is InChI=1S/C20H26N4O/c1-15-7-8-16(13-21)18(22-15)23-12-10-20(14-23)9-4-11-24(19(20)25)17-5-2-3-6-17/h7-8,17H,2-6,9-12,14H2,1H3/t20-/m0/s1. The van der Waals surface area contributed by atoms with Crippen LogP contribution in [0, 0.1) is 23.7 Å². The van der Waals surface area contributed by atoms with Crippen molar-refractivity contribution in [2.45, 2.75) is 57.9 Å². The number of anilines is 1. The molecule has 0 radical (unpaired) electrons. The molecule has 3 aliphatic rings. The predicted octanol–water partition coefficient (Wildman–Crippen LogP) is 3.02. The van der Waals surface area contributed by atoms with Crippen LogP contribution in [0.15, 0.2) is 12.1 Å². The van der Waals surface area contributed by atoms with Crippen molar-refractivity contribution >= 4 is 11.7 Å². The first kappa shape index (κ1) is 16.4. The molecule has 2 aliphatic heterocycles. The lowest BCUT2D eigenvalue weighted by Crippen LogP contribution is -2.53. The molecule has 1 aromatic rings. The van der Waals surface area contributed by atoms with Crippen molar-refractivity contribution in [3.8, 4) is 6.07 Å². The Labute approximate surface area is 149 Å². The molecule has 5 nitrogen and oxygen atoms in total. The summed E-state index contributed by atoms with van der Waals surface area (Å²) in [6.07, 6.45) is 7.81. The number of pyridine rings is 1. The van der Waals surface area contributed by atoms with E-state index in [2.05, 4.69) is 20.9 Å². The van der Waals surface area contributed by atoms with Crippen molar-refractivity contribution in [1.82, 2.24) is 9.88 Å². The Balaban J connectivity index is 1.57. The van der Waals surface area contributed by atoms with Gasteiger partial charge in [-0.2, -0.15) is 5.26 Å². The third-order valence-corrected chi connectivity index (χ3v) is 6.32. The predicted molar refractivity (Wildman–Crippen MR) is 96.2 cm³/mol. The van der Waals surface area contributed by atoms with E-state index in [1.165, 1.54) is 25.7 Å². The molecule has 1 amide bonds. The molecule has 1 atom stereocenters. The Morgan fingerprint density at radius 3 is 2.76 bits per heavy atom. The molecule has 0 aromatic carbocycles. The average Bonchev–Trinajstić information content (AvgIpc) is 3.28. The number of aryl methyl sites for hydroxylation is 1. The number of carbonyl (C=O) groups excluding carboxylic acids is 1. The highest BCUT2D eigenvalue weighted by atomic mass is 16.2. The zero-order valence-electron chi connectivity index (χ0n) is 15.0. The molecule has 5 heteroatoms. The fraction of sp³-hybridized carbons (Fsp3) is 0.650. The van der Waals surface area contributed by atoms with Gasteiger partial charge in [0.15, 0.2) is 0 Å². The molecular weight excluding hydrogens is 312 g/mol. The Bertz CT molecular complexity index is 719. The zero-order chi connectivity index (χ0) is 17.4. The summed E-state index contributed by atoms with van der Waals surface area (Å²) in [5.74, 6) is 1.12. The number of nitriles is 1. The largest absolute Gasteiger partial charge is 0.354 e. The lowest BCUT2D eigenvalue weighted by molar-refractivity contribution is -0.147. The first-order chi connectivity index (χ1) is 12.1. The van der Waals surface area contributed by atoms with E-state index < -0.39 is 0 Å². The van der Waals surface area contributed by atoms with E-state index in [0.29, 0.717) is 24.1 Å². The number of aromatic nitrogens is 1. The maximum atomic E-state index is 13.3. The third kappa shape index (κ3) is 2.78. The van der Waals surface area contributed by atoms with E-state index >= 15 is 0 Å². The number of amides is 1. The fourth-order valence-corrected chi connectivity index (χ4v) is 4.97. The van der Waals surface area contributed by atoms with Crippen molar-refractivity contribution in [3.63, 3.8) is 0 Å². The minimum Gasteiger partial charge on any atom is -0.354 e. The normalized spacial score (nSPS) is 27.3. The van der Waals surface area contributed by atoms with Crippen LogP contribution in [0.1, 0.15) is 56.2 Å². The lowest BCUT2D eigenvalue weighted by atomic mass is 9.77. The van der Waals surface area contributed by atoms with Gasteiger partial charge in [0.25, 0.3) is 0 Å². The summed E-state index contributed by atoms with van der Waals surface area (Å²) in [6, 6.07) is 6.44. The second kappa shape index (κ2) is 6.33. The summed E-state index contributed by atoms with van der Waals surface area (Å²) in [6.45, 7) is 4.40. The molecule has 1 aromatic heterocycles. The van der Waals surface area contributed by atoms with Crippen LogP contribution in [0.3, 0.4) is 0 Å². The van der Waals surface area contributed by atoms with Crippen LogP contribution in [0.5, 0.6) is 0 Å². The quantitative estimate of drug-likeness (QED) is 0.832. The topological polar surface area (TPSA) is 60.2 Å². The molecule has 4 rings (SSSR count). The maximum absolute atomic E-state index is 13.3. The molecule has 2 saturated heterocycles. The molecule has 1 aliphatic carbocycles.